The average molecular weight is 485 g/mol. The minimum Gasteiger partial charge on any atom is -0.449 e. The van der Waals surface area contributed by atoms with Crippen molar-refractivity contribution in [3.63, 3.8) is 0 Å². The van der Waals surface area contributed by atoms with Crippen molar-refractivity contribution < 1.29 is 22.7 Å². The van der Waals surface area contributed by atoms with Crippen LogP contribution < -0.4 is 5.32 Å². The van der Waals surface area contributed by atoms with Crippen LogP contribution in [0.25, 0.3) is 6.08 Å². The molecule has 1 N–H and O–H groups in total. The second kappa shape index (κ2) is 11.9. The maximum Gasteiger partial charge on any atom is 0.331 e. The van der Waals surface area contributed by atoms with Gasteiger partial charge in [0.05, 0.1) is 10.9 Å². The van der Waals surface area contributed by atoms with Gasteiger partial charge in [-0.25, -0.2) is 13.2 Å². The van der Waals surface area contributed by atoms with E-state index in [1.165, 1.54) is 19.1 Å². The minimum atomic E-state index is -3.52. The Hall–Kier alpha value is -2.97. The Kier molecular flexibility index (Phi) is 9.01. The Morgan fingerprint density at radius 2 is 1.56 bits per heavy atom. The van der Waals surface area contributed by atoms with Crippen molar-refractivity contribution in [3.05, 3.63) is 71.8 Å². The number of ether oxygens (including phenoxy) is 1. The van der Waals surface area contributed by atoms with Gasteiger partial charge in [-0.3, -0.25) is 4.79 Å². The van der Waals surface area contributed by atoms with Crippen molar-refractivity contribution in [3.8, 4) is 0 Å². The van der Waals surface area contributed by atoms with Gasteiger partial charge in [-0.2, -0.15) is 4.31 Å². The number of amides is 1. The highest BCUT2D eigenvalue weighted by Crippen LogP contribution is 2.21. The molecule has 1 amide bonds. The fourth-order valence-corrected chi connectivity index (χ4v) is 5.29. The second-order valence-electron chi connectivity index (χ2n) is 8.44. The number of carbonyl (C=O) groups excluding carboxylic acids is 2. The summed E-state index contributed by atoms with van der Waals surface area (Å²) < 4.78 is 32.5. The average Bonchev–Trinajstić information content (AvgIpc) is 3.14. The lowest BCUT2D eigenvalue weighted by Crippen LogP contribution is -2.37. The molecule has 3 rings (SSSR count). The van der Waals surface area contributed by atoms with Gasteiger partial charge >= 0.3 is 5.97 Å². The Morgan fingerprint density at radius 1 is 0.941 bits per heavy atom. The summed E-state index contributed by atoms with van der Waals surface area (Å²) in [5, 5.41) is 2.83. The van der Waals surface area contributed by atoms with E-state index in [-0.39, 0.29) is 16.8 Å². The molecule has 0 bridgehead atoms. The van der Waals surface area contributed by atoms with Crippen LogP contribution >= 0.6 is 0 Å². The third-order valence-corrected chi connectivity index (χ3v) is 7.73. The van der Waals surface area contributed by atoms with Crippen molar-refractivity contribution in [1.82, 2.24) is 9.62 Å². The molecule has 8 heteroatoms. The van der Waals surface area contributed by atoms with Crippen molar-refractivity contribution in [2.75, 3.05) is 13.1 Å². The first-order valence-electron chi connectivity index (χ1n) is 11.6. The molecule has 0 radical (unpaired) electrons. The summed E-state index contributed by atoms with van der Waals surface area (Å²) in [6.45, 7) is 4.47. The first-order chi connectivity index (χ1) is 16.3. The van der Waals surface area contributed by atoms with Crippen LogP contribution in [0.15, 0.2) is 65.6 Å². The molecule has 0 saturated carbocycles. The topological polar surface area (TPSA) is 92.8 Å². The Balaban J connectivity index is 1.53. The third-order valence-electron chi connectivity index (χ3n) is 5.82. The Morgan fingerprint density at radius 3 is 2.18 bits per heavy atom. The van der Waals surface area contributed by atoms with E-state index in [1.54, 1.807) is 28.6 Å². The number of sulfonamides is 1. The van der Waals surface area contributed by atoms with Crippen LogP contribution in [0.4, 0.5) is 0 Å². The largest absolute Gasteiger partial charge is 0.449 e. The number of nitrogens with zero attached hydrogens (tertiary/aromatic N) is 1. The number of rotatable bonds is 8. The van der Waals surface area contributed by atoms with Crippen LogP contribution in [0.2, 0.25) is 0 Å². The zero-order chi connectivity index (χ0) is 24.6. The van der Waals surface area contributed by atoms with Gasteiger partial charge in [0.1, 0.15) is 0 Å². The lowest BCUT2D eigenvalue weighted by molar-refractivity contribution is -0.150. The van der Waals surface area contributed by atoms with Crippen LogP contribution in [0, 0.1) is 0 Å². The van der Waals surface area contributed by atoms with E-state index in [0.717, 1.165) is 31.2 Å². The zero-order valence-electron chi connectivity index (χ0n) is 19.6. The summed E-state index contributed by atoms with van der Waals surface area (Å²) >= 11 is 0. The molecule has 0 aromatic heterocycles. The predicted molar refractivity (Wildman–Crippen MR) is 131 cm³/mol. The highest BCUT2D eigenvalue weighted by atomic mass is 32.2. The lowest BCUT2D eigenvalue weighted by Gasteiger charge is -2.19. The molecule has 0 spiro atoms. The highest BCUT2D eigenvalue weighted by Gasteiger charge is 2.25. The Bertz CT molecular complexity index is 1090. The third kappa shape index (κ3) is 7.01. The van der Waals surface area contributed by atoms with Gasteiger partial charge in [0.15, 0.2) is 6.10 Å². The molecule has 2 aromatic rings. The molecular formula is C26H32N2O5S. The summed E-state index contributed by atoms with van der Waals surface area (Å²) in [7, 11) is -3.52. The standard InChI is InChI=1S/C26H32N2O5S/c1-20(23-10-6-5-7-11-23)27-26(30)21(2)33-25(29)17-14-22-12-15-24(16-13-22)34(31,32)28-18-8-3-4-9-19-28/h5-7,10-17,20-21H,3-4,8-9,18-19H2,1-2H3,(H,27,30)/b17-14+. The number of esters is 1. The monoisotopic (exact) mass is 484 g/mol. The van der Waals surface area contributed by atoms with Crippen LogP contribution in [-0.4, -0.2) is 43.8 Å². The van der Waals surface area contributed by atoms with Crippen molar-refractivity contribution in [2.24, 2.45) is 0 Å². The van der Waals surface area contributed by atoms with E-state index in [2.05, 4.69) is 5.32 Å². The molecule has 182 valence electrons. The molecule has 2 aromatic carbocycles. The van der Waals surface area contributed by atoms with Gasteiger partial charge in [0.25, 0.3) is 5.91 Å². The highest BCUT2D eigenvalue weighted by molar-refractivity contribution is 7.89. The van der Waals surface area contributed by atoms with Gasteiger partial charge < -0.3 is 10.1 Å². The van der Waals surface area contributed by atoms with E-state index in [0.29, 0.717) is 18.7 Å². The van der Waals surface area contributed by atoms with Gasteiger partial charge in [-0.15, -0.1) is 0 Å². The summed E-state index contributed by atoms with van der Waals surface area (Å²) in [6, 6.07) is 15.7. The normalized spacial score (nSPS) is 17.0. The van der Waals surface area contributed by atoms with E-state index in [4.69, 9.17) is 4.74 Å². The van der Waals surface area contributed by atoms with Gasteiger partial charge in [-0.05, 0) is 56.0 Å². The van der Waals surface area contributed by atoms with Crippen molar-refractivity contribution in [2.45, 2.75) is 56.6 Å². The molecule has 1 aliphatic rings. The first-order valence-corrected chi connectivity index (χ1v) is 13.1. The van der Waals surface area contributed by atoms with Gasteiger partial charge in [0.2, 0.25) is 10.0 Å². The first kappa shape index (κ1) is 25.6. The number of carbonyl (C=O) groups is 2. The summed E-state index contributed by atoms with van der Waals surface area (Å²) in [5.74, 6) is -1.04. The molecule has 2 unspecified atom stereocenters. The second-order valence-corrected chi connectivity index (χ2v) is 10.4. The van der Waals surface area contributed by atoms with Crippen molar-refractivity contribution in [1.29, 1.82) is 0 Å². The van der Waals surface area contributed by atoms with E-state index < -0.39 is 22.1 Å². The molecule has 1 saturated heterocycles. The zero-order valence-corrected chi connectivity index (χ0v) is 20.5. The smallest absolute Gasteiger partial charge is 0.331 e. The maximum atomic E-state index is 12.9. The molecule has 34 heavy (non-hydrogen) atoms. The van der Waals surface area contributed by atoms with Crippen LogP contribution in [0.5, 0.6) is 0 Å². The fraction of sp³-hybridized carbons (Fsp3) is 0.385. The molecule has 2 atom stereocenters. The number of hydrogen-bond donors (Lipinski definition) is 1. The van der Waals surface area contributed by atoms with Crippen LogP contribution in [-0.2, 0) is 24.3 Å². The number of hydrogen-bond acceptors (Lipinski definition) is 5. The molecule has 7 nitrogen and oxygen atoms in total. The molecule has 1 heterocycles. The quantitative estimate of drug-likeness (QED) is 0.450. The summed E-state index contributed by atoms with van der Waals surface area (Å²) in [5.41, 5.74) is 1.61. The molecule has 1 aliphatic heterocycles. The van der Waals surface area contributed by atoms with E-state index in [1.807, 2.05) is 37.3 Å². The maximum absolute atomic E-state index is 12.9. The van der Waals surface area contributed by atoms with E-state index >= 15 is 0 Å². The Labute approximate surface area is 201 Å². The molecule has 0 aliphatic carbocycles. The predicted octanol–water partition coefficient (Wildman–Crippen LogP) is 4.07. The molecule has 1 fully saturated rings. The van der Waals surface area contributed by atoms with Crippen LogP contribution in [0.3, 0.4) is 0 Å². The number of benzene rings is 2. The van der Waals surface area contributed by atoms with E-state index in [9.17, 15) is 18.0 Å². The fourth-order valence-electron chi connectivity index (χ4n) is 3.77. The van der Waals surface area contributed by atoms with Crippen molar-refractivity contribution >= 4 is 28.0 Å². The minimum absolute atomic E-state index is 0.213. The van der Waals surface area contributed by atoms with Gasteiger partial charge in [0, 0.05) is 19.2 Å². The number of nitrogens with one attached hydrogen (secondary N) is 1. The SMILES string of the molecule is CC(OC(=O)/C=C/c1ccc(S(=O)(=O)N2CCCCCC2)cc1)C(=O)NC(C)c1ccccc1. The van der Waals surface area contributed by atoms with Gasteiger partial charge in [-0.1, -0.05) is 55.3 Å². The summed E-state index contributed by atoms with van der Waals surface area (Å²) in [6.07, 6.45) is 5.67. The van der Waals surface area contributed by atoms with Crippen LogP contribution in [0.1, 0.15) is 56.7 Å². The lowest BCUT2D eigenvalue weighted by atomic mass is 10.1. The molecular weight excluding hydrogens is 452 g/mol. The summed E-state index contributed by atoms with van der Waals surface area (Å²) in [4.78, 5) is 24.7.